The van der Waals surface area contributed by atoms with Crippen molar-refractivity contribution in [1.82, 2.24) is 5.16 Å². The van der Waals surface area contributed by atoms with Crippen LogP contribution in [0, 0.1) is 5.82 Å². The molecule has 90 valence electrons. The maximum atomic E-state index is 13.2. The van der Waals surface area contributed by atoms with Crippen molar-refractivity contribution in [2.75, 3.05) is 5.73 Å². The lowest BCUT2D eigenvalue weighted by molar-refractivity contribution is 0.439. The van der Waals surface area contributed by atoms with E-state index in [9.17, 15) is 4.39 Å². The van der Waals surface area contributed by atoms with Gasteiger partial charge in [0.1, 0.15) is 11.5 Å². The van der Waals surface area contributed by atoms with E-state index in [0.717, 1.165) is 10.4 Å². The molecule has 0 amide bonds. The van der Waals surface area contributed by atoms with E-state index in [1.165, 1.54) is 23.5 Å². The molecular weight excluding hydrogens is 251 g/mol. The summed E-state index contributed by atoms with van der Waals surface area (Å²) in [6.07, 6.45) is 0. The molecule has 2 N–H and O–H groups in total. The normalized spacial score (nSPS) is 10.7. The van der Waals surface area contributed by atoms with E-state index >= 15 is 0 Å². The Bertz CT molecular complexity index is 676. The van der Waals surface area contributed by atoms with Gasteiger partial charge in [-0.05, 0) is 23.6 Å². The van der Waals surface area contributed by atoms with E-state index < -0.39 is 0 Å². The molecule has 2 aromatic heterocycles. The lowest BCUT2D eigenvalue weighted by Gasteiger charge is -2.00. The fourth-order valence-electron chi connectivity index (χ4n) is 1.79. The molecule has 1 aromatic carbocycles. The Morgan fingerprint density at radius 1 is 1.22 bits per heavy atom. The van der Waals surface area contributed by atoms with Crippen LogP contribution in [0.2, 0.25) is 0 Å². The average Bonchev–Trinajstić information content (AvgIpc) is 2.97. The molecule has 0 saturated carbocycles. The summed E-state index contributed by atoms with van der Waals surface area (Å²) in [5, 5.41) is 5.86. The Balaban J connectivity index is 2.20. The molecule has 18 heavy (non-hydrogen) atoms. The Morgan fingerprint density at radius 3 is 2.83 bits per heavy atom. The van der Waals surface area contributed by atoms with Crippen LogP contribution in [0.15, 0.2) is 46.3 Å². The number of thiophene rings is 1. The van der Waals surface area contributed by atoms with Gasteiger partial charge in [-0.25, -0.2) is 4.39 Å². The third kappa shape index (κ3) is 1.78. The molecule has 0 fully saturated rings. The molecule has 3 aromatic rings. The largest absolute Gasteiger partial charge is 0.367 e. The van der Waals surface area contributed by atoms with Crippen LogP contribution in [0.4, 0.5) is 10.3 Å². The molecule has 0 atom stereocenters. The zero-order valence-corrected chi connectivity index (χ0v) is 10.1. The summed E-state index contributed by atoms with van der Waals surface area (Å²) in [5.41, 5.74) is 7.73. The first-order valence-corrected chi connectivity index (χ1v) is 6.18. The highest BCUT2D eigenvalue weighted by Gasteiger charge is 2.18. The molecule has 0 aliphatic carbocycles. The third-order valence-corrected chi connectivity index (χ3v) is 3.47. The number of aromatic nitrogens is 1. The van der Waals surface area contributed by atoms with Crippen molar-refractivity contribution in [2.45, 2.75) is 0 Å². The van der Waals surface area contributed by atoms with Crippen LogP contribution in [-0.2, 0) is 0 Å². The zero-order valence-electron chi connectivity index (χ0n) is 9.26. The molecule has 0 aliphatic heterocycles. The molecule has 3 nitrogen and oxygen atoms in total. The highest BCUT2D eigenvalue weighted by molar-refractivity contribution is 7.13. The predicted molar refractivity (Wildman–Crippen MR) is 69.6 cm³/mol. The van der Waals surface area contributed by atoms with Gasteiger partial charge in [0, 0.05) is 10.4 Å². The summed E-state index contributed by atoms with van der Waals surface area (Å²) < 4.78 is 18.3. The minimum atomic E-state index is -0.314. The van der Waals surface area contributed by atoms with Crippen molar-refractivity contribution >= 4 is 17.2 Å². The first kappa shape index (κ1) is 11.0. The van der Waals surface area contributed by atoms with E-state index in [4.69, 9.17) is 10.3 Å². The number of nitrogens with zero attached hydrogens (tertiary/aromatic N) is 1. The smallest absolute Gasteiger partial charge is 0.231 e. The third-order valence-electron chi connectivity index (χ3n) is 2.58. The number of benzene rings is 1. The van der Waals surface area contributed by atoms with Gasteiger partial charge in [0.25, 0.3) is 0 Å². The fourth-order valence-corrected chi connectivity index (χ4v) is 2.57. The number of hydrogen-bond acceptors (Lipinski definition) is 4. The maximum Gasteiger partial charge on any atom is 0.231 e. The van der Waals surface area contributed by atoms with Crippen molar-refractivity contribution in [2.24, 2.45) is 0 Å². The summed E-state index contributed by atoms with van der Waals surface area (Å²) in [4.78, 5) is 0.952. The molecule has 0 aliphatic rings. The summed E-state index contributed by atoms with van der Waals surface area (Å²) in [6.45, 7) is 0. The van der Waals surface area contributed by atoms with E-state index in [0.29, 0.717) is 11.3 Å². The van der Waals surface area contributed by atoms with Crippen molar-refractivity contribution in [3.05, 3.63) is 47.6 Å². The zero-order chi connectivity index (χ0) is 12.5. The van der Waals surface area contributed by atoms with Crippen molar-refractivity contribution in [3.63, 3.8) is 0 Å². The van der Waals surface area contributed by atoms with Gasteiger partial charge in [-0.15, -0.1) is 11.3 Å². The van der Waals surface area contributed by atoms with Crippen molar-refractivity contribution in [3.8, 4) is 21.7 Å². The number of nitrogen functional groups attached to an aromatic ring is 1. The highest BCUT2D eigenvalue weighted by Crippen LogP contribution is 2.38. The van der Waals surface area contributed by atoms with E-state index in [1.54, 1.807) is 12.1 Å². The van der Waals surface area contributed by atoms with Gasteiger partial charge in [-0.1, -0.05) is 23.4 Å². The number of anilines is 1. The van der Waals surface area contributed by atoms with E-state index in [2.05, 4.69) is 5.16 Å². The van der Waals surface area contributed by atoms with Gasteiger partial charge in [-0.3, -0.25) is 0 Å². The van der Waals surface area contributed by atoms with Crippen LogP contribution < -0.4 is 5.73 Å². The van der Waals surface area contributed by atoms with Gasteiger partial charge < -0.3 is 10.3 Å². The molecule has 0 unspecified atom stereocenters. The minimum Gasteiger partial charge on any atom is -0.367 e. The number of hydrogen-bond donors (Lipinski definition) is 1. The SMILES string of the molecule is Nc1onc(-c2cccc(F)c2)c1-c1cccs1. The van der Waals surface area contributed by atoms with Gasteiger partial charge in [0.2, 0.25) is 5.88 Å². The summed E-state index contributed by atoms with van der Waals surface area (Å²) in [6, 6.07) is 10.1. The van der Waals surface area contributed by atoms with Crippen LogP contribution in [0.3, 0.4) is 0 Å². The van der Waals surface area contributed by atoms with Crippen LogP contribution >= 0.6 is 11.3 Å². The van der Waals surface area contributed by atoms with Crippen LogP contribution in [-0.4, -0.2) is 5.16 Å². The Hall–Kier alpha value is -2.14. The summed E-state index contributed by atoms with van der Waals surface area (Å²) in [5.74, 6) is -0.0667. The quantitative estimate of drug-likeness (QED) is 0.762. The standard InChI is InChI=1S/C13H9FN2OS/c14-9-4-1-3-8(7-9)12-11(13(15)17-16-12)10-5-2-6-18-10/h1-7H,15H2. The van der Waals surface area contributed by atoms with Gasteiger partial charge >= 0.3 is 0 Å². The molecule has 2 heterocycles. The topological polar surface area (TPSA) is 52.0 Å². The molecule has 0 saturated heterocycles. The number of halogens is 1. The second kappa shape index (κ2) is 4.27. The monoisotopic (exact) mass is 260 g/mol. The van der Waals surface area contributed by atoms with Gasteiger partial charge in [0.15, 0.2) is 0 Å². The first-order valence-electron chi connectivity index (χ1n) is 5.30. The predicted octanol–water partition coefficient (Wildman–Crippen LogP) is 3.79. The second-order valence-electron chi connectivity index (χ2n) is 3.76. The molecule has 0 spiro atoms. The van der Waals surface area contributed by atoms with E-state index in [1.807, 2.05) is 17.5 Å². The van der Waals surface area contributed by atoms with Crippen molar-refractivity contribution < 1.29 is 8.91 Å². The summed E-state index contributed by atoms with van der Waals surface area (Å²) in [7, 11) is 0. The molecule has 0 bridgehead atoms. The van der Waals surface area contributed by atoms with E-state index in [-0.39, 0.29) is 11.7 Å². The minimum absolute atomic E-state index is 0.247. The molecule has 5 heteroatoms. The molecule has 3 rings (SSSR count). The van der Waals surface area contributed by atoms with Gasteiger partial charge in [-0.2, -0.15) is 0 Å². The fraction of sp³-hybridized carbons (Fsp3) is 0. The Morgan fingerprint density at radius 2 is 2.11 bits per heavy atom. The van der Waals surface area contributed by atoms with Crippen LogP contribution in [0.5, 0.6) is 0 Å². The number of rotatable bonds is 2. The molecule has 0 radical (unpaired) electrons. The van der Waals surface area contributed by atoms with Gasteiger partial charge in [0.05, 0.1) is 5.56 Å². The molecular formula is C13H9FN2OS. The first-order chi connectivity index (χ1) is 8.75. The Labute approximate surface area is 107 Å². The van der Waals surface area contributed by atoms with Crippen LogP contribution in [0.25, 0.3) is 21.7 Å². The second-order valence-corrected chi connectivity index (χ2v) is 4.71. The lowest BCUT2D eigenvalue weighted by atomic mass is 10.1. The highest BCUT2D eigenvalue weighted by atomic mass is 32.1. The maximum absolute atomic E-state index is 13.2. The summed E-state index contributed by atoms with van der Waals surface area (Å²) >= 11 is 1.53. The Kier molecular flexibility index (Phi) is 2.60. The van der Waals surface area contributed by atoms with Crippen LogP contribution in [0.1, 0.15) is 0 Å². The van der Waals surface area contributed by atoms with Crippen molar-refractivity contribution in [1.29, 1.82) is 0 Å². The lowest BCUT2D eigenvalue weighted by Crippen LogP contribution is -1.86. The average molecular weight is 260 g/mol. The number of nitrogens with two attached hydrogens (primary N) is 1.